The van der Waals surface area contributed by atoms with Gasteiger partial charge in [-0.3, -0.25) is 4.79 Å². The topological polar surface area (TPSA) is 59.6 Å². The Hall–Kier alpha value is -2.69. The highest BCUT2D eigenvalue weighted by Gasteiger charge is 2.04. The number of amides is 1. The van der Waals surface area contributed by atoms with Crippen LogP contribution in [-0.4, -0.2) is 25.2 Å². The number of anilines is 2. The second-order valence-corrected chi connectivity index (χ2v) is 6.32. The van der Waals surface area contributed by atoms with Crippen molar-refractivity contribution in [2.45, 2.75) is 39.7 Å². The van der Waals surface area contributed by atoms with Gasteiger partial charge in [0.15, 0.2) is 0 Å². The summed E-state index contributed by atoms with van der Waals surface area (Å²) in [6.07, 6.45) is 2.25. The number of carbonyl (C=O) groups excluding carboxylic acids is 1. The van der Waals surface area contributed by atoms with Gasteiger partial charge in [-0.25, -0.2) is 0 Å². The lowest BCUT2D eigenvalue weighted by molar-refractivity contribution is -0.114. The molecule has 2 N–H and O–H groups in total. The van der Waals surface area contributed by atoms with Crippen molar-refractivity contribution in [1.29, 1.82) is 0 Å². The van der Waals surface area contributed by atoms with Gasteiger partial charge in [-0.2, -0.15) is 0 Å². The smallest absolute Gasteiger partial charge is 0.243 e. The summed E-state index contributed by atoms with van der Waals surface area (Å²) < 4.78 is 11.3. The van der Waals surface area contributed by atoms with Crippen LogP contribution in [0.4, 0.5) is 11.4 Å². The molecule has 0 spiro atoms. The fraction of sp³-hybridized carbons (Fsp3) is 0.381. The van der Waals surface area contributed by atoms with Gasteiger partial charge in [-0.05, 0) is 56.7 Å². The monoisotopic (exact) mass is 356 g/mol. The van der Waals surface area contributed by atoms with Crippen LogP contribution < -0.4 is 20.1 Å². The van der Waals surface area contributed by atoms with Gasteiger partial charge in [0.2, 0.25) is 5.91 Å². The Labute approximate surface area is 155 Å². The highest BCUT2D eigenvalue weighted by molar-refractivity contribution is 5.93. The standard InChI is InChI=1S/C21H28N2O3/c1-4-5-13-25-19-11-9-17(10-12-19)23-21(24)15-22-18-7-6-8-20(14-18)26-16(2)3/h6-12,14,16,22H,4-5,13,15H2,1-3H3,(H,23,24). The Balaban J connectivity index is 1.79. The van der Waals surface area contributed by atoms with E-state index in [1.807, 2.05) is 62.4 Å². The molecule has 0 fully saturated rings. The second-order valence-electron chi connectivity index (χ2n) is 6.32. The summed E-state index contributed by atoms with van der Waals surface area (Å²) in [6, 6.07) is 15.0. The number of rotatable bonds is 10. The van der Waals surface area contributed by atoms with E-state index in [1.54, 1.807) is 0 Å². The highest BCUT2D eigenvalue weighted by atomic mass is 16.5. The maximum atomic E-state index is 12.1. The van der Waals surface area contributed by atoms with Gasteiger partial charge >= 0.3 is 0 Å². The average Bonchev–Trinajstić information content (AvgIpc) is 2.61. The highest BCUT2D eigenvalue weighted by Crippen LogP contribution is 2.19. The molecule has 0 aliphatic rings. The summed E-state index contributed by atoms with van der Waals surface area (Å²) in [5.41, 5.74) is 1.59. The first-order chi connectivity index (χ1) is 12.6. The molecule has 2 aromatic carbocycles. The molecule has 26 heavy (non-hydrogen) atoms. The maximum absolute atomic E-state index is 12.1. The molecular formula is C21H28N2O3. The van der Waals surface area contributed by atoms with Crippen molar-refractivity contribution in [1.82, 2.24) is 0 Å². The zero-order chi connectivity index (χ0) is 18.8. The molecule has 2 rings (SSSR count). The third-order valence-corrected chi connectivity index (χ3v) is 3.56. The van der Waals surface area contributed by atoms with Gasteiger partial charge in [0, 0.05) is 17.4 Å². The lowest BCUT2D eigenvalue weighted by Crippen LogP contribution is -2.21. The average molecular weight is 356 g/mol. The van der Waals surface area contributed by atoms with Crippen LogP contribution in [0, 0.1) is 0 Å². The molecule has 0 heterocycles. The fourth-order valence-electron chi connectivity index (χ4n) is 2.31. The Bertz CT molecular complexity index is 684. The van der Waals surface area contributed by atoms with Crippen LogP contribution in [0.15, 0.2) is 48.5 Å². The van der Waals surface area contributed by atoms with Crippen LogP contribution in [-0.2, 0) is 4.79 Å². The van der Waals surface area contributed by atoms with Gasteiger partial charge in [-0.15, -0.1) is 0 Å². The van der Waals surface area contributed by atoms with Crippen molar-refractivity contribution < 1.29 is 14.3 Å². The summed E-state index contributed by atoms with van der Waals surface area (Å²) in [7, 11) is 0. The number of hydrogen-bond donors (Lipinski definition) is 2. The Kier molecular flexibility index (Phi) is 7.80. The molecule has 0 radical (unpaired) electrons. The number of carbonyl (C=O) groups is 1. The van der Waals surface area contributed by atoms with E-state index in [0.29, 0.717) is 6.61 Å². The third-order valence-electron chi connectivity index (χ3n) is 3.56. The summed E-state index contributed by atoms with van der Waals surface area (Å²) in [5.74, 6) is 1.49. The normalized spacial score (nSPS) is 10.5. The molecule has 0 aliphatic heterocycles. The van der Waals surface area contributed by atoms with Crippen LogP contribution in [0.3, 0.4) is 0 Å². The first kappa shape index (κ1) is 19.6. The van der Waals surface area contributed by atoms with Crippen molar-refractivity contribution in [3.63, 3.8) is 0 Å². The molecule has 0 bridgehead atoms. The molecule has 0 aliphatic carbocycles. The first-order valence-electron chi connectivity index (χ1n) is 9.10. The minimum Gasteiger partial charge on any atom is -0.494 e. The molecule has 140 valence electrons. The second kappa shape index (κ2) is 10.3. The first-order valence-corrected chi connectivity index (χ1v) is 9.10. The summed E-state index contributed by atoms with van der Waals surface area (Å²) in [6.45, 7) is 6.98. The van der Waals surface area contributed by atoms with Crippen LogP contribution in [0.5, 0.6) is 11.5 Å². The van der Waals surface area contributed by atoms with Crippen molar-refractivity contribution in [2.24, 2.45) is 0 Å². The minimum absolute atomic E-state index is 0.111. The summed E-state index contributed by atoms with van der Waals surface area (Å²) in [5, 5.41) is 5.97. The zero-order valence-corrected chi connectivity index (χ0v) is 15.7. The molecule has 5 heteroatoms. The number of unbranched alkanes of at least 4 members (excludes halogenated alkanes) is 1. The van der Waals surface area contributed by atoms with E-state index in [2.05, 4.69) is 17.6 Å². The molecule has 5 nitrogen and oxygen atoms in total. The largest absolute Gasteiger partial charge is 0.494 e. The SMILES string of the molecule is CCCCOc1ccc(NC(=O)CNc2cccc(OC(C)C)c2)cc1. The minimum atomic E-state index is -0.111. The van der Waals surface area contributed by atoms with Crippen LogP contribution in [0.1, 0.15) is 33.6 Å². The van der Waals surface area contributed by atoms with Crippen LogP contribution in [0.25, 0.3) is 0 Å². The molecule has 0 unspecified atom stereocenters. The van der Waals surface area contributed by atoms with Gasteiger partial charge in [0.25, 0.3) is 0 Å². The Morgan fingerprint density at radius 1 is 1.04 bits per heavy atom. The van der Waals surface area contributed by atoms with Gasteiger partial charge < -0.3 is 20.1 Å². The summed E-state index contributed by atoms with van der Waals surface area (Å²) >= 11 is 0. The lowest BCUT2D eigenvalue weighted by atomic mass is 10.3. The number of hydrogen-bond acceptors (Lipinski definition) is 4. The quantitative estimate of drug-likeness (QED) is 0.606. The van der Waals surface area contributed by atoms with Gasteiger partial charge in [-0.1, -0.05) is 19.4 Å². The third kappa shape index (κ3) is 7.05. The predicted octanol–water partition coefficient (Wildman–Crippen LogP) is 4.70. The molecule has 0 atom stereocenters. The molecule has 0 saturated heterocycles. The number of nitrogens with one attached hydrogen (secondary N) is 2. The van der Waals surface area contributed by atoms with Crippen molar-refractivity contribution in [2.75, 3.05) is 23.8 Å². The molecular weight excluding hydrogens is 328 g/mol. The number of ether oxygens (including phenoxy) is 2. The molecule has 0 saturated carbocycles. The maximum Gasteiger partial charge on any atom is 0.243 e. The molecule has 1 amide bonds. The van der Waals surface area contributed by atoms with Crippen molar-refractivity contribution >= 4 is 17.3 Å². The summed E-state index contributed by atoms with van der Waals surface area (Å²) in [4.78, 5) is 12.1. The lowest BCUT2D eigenvalue weighted by Gasteiger charge is -2.12. The van der Waals surface area contributed by atoms with Crippen molar-refractivity contribution in [3.05, 3.63) is 48.5 Å². The van der Waals surface area contributed by atoms with E-state index in [-0.39, 0.29) is 18.6 Å². The predicted molar refractivity (Wildman–Crippen MR) is 106 cm³/mol. The zero-order valence-electron chi connectivity index (χ0n) is 15.7. The van der Waals surface area contributed by atoms with Gasteiger partial charge in [0.1, 0.15) is 11.5 Å². The van der Waals surface area contributed by atoms with E-state index >= 15 is 0 Å². The van der Waals surface area contributed by atoms with Crippen LogP contribution >= 0.6 is 0 Å². The molecule has 2 aromatic rings. The Morgan fingerprint density at radius 2 is 1.81 bits per heavy atom. The van der Waals surface area contributed by atoms with E-state index in [4.69, 9.17) is 9.47 Å². The fourth-order valence-corrected chi connectivity index (χ4v) is 2.31. The van der Waals surface area contributed by atoms with E-state index in [0.717, 1.165) is 35.7 Å². The molecule has 0 aromatic heterocycles. The van der Waals surface area contributed by atoms with Gasteiger partial charge in [0.05, 0.1) is 19.3 Å². The van der Waals surface area contributed by atoms with E-state index in [9.17, 15) is 4.79 Å². The van der Waals surface area contributed by atoms with Crippen molar-refractivity contribution in [3.8, 4) is 11.5 Å². The van der Waals surface area contributed by atoms with E-state index < -0.39 is 0 Å². The van der Waals surface area contributed by atoms with Crippen LogP contribution in [0.2, 0.25) is 0 Å². The van der Waals surface area contributed by atoms with E-state index in [1.165, 1.54) is 0 Å². The Morgan fingerprint density at radius 3 is 2.50 bits per heavy atom. The number of benzene rings is 2.